The molecule has 0 fully saturated rings. The highest BCUT2D eigenvalue weighted by atomic mass is 19.1. The molecule has 0 aliphatic carbocycles. The topological polar surface area (TPSA) is 44.5 Å². The summed E-state index contributed by atoms with van der Waals surface area (Å²) in [6.07, 6.45) is 0.601. The zero-order valence-electron chi connectivity index (χ0n) is 9.92. The number of hydrogen-bond acceptors (Lipinski definition) is 3. The fraction of sp³-hybridized carbons (Fsp3) is 0.500. The number of rotatable bonds is 5. The molecule has 2 N–H and O–H groups in total. The molecule has 1 rings (SSSR count). The van der Waals surface area contributed by atoms with Crippen LogP contribution in [0.15, 0.2) is 18.2 Å². The van der Waals surface area contributed by atoms with Crippen LogP contribution in [0.4, 0.5) is 4.39 Å². The van der Waals surface area contributed by atoms with Crippen molar-refractivity contribution in [2.75, 3.05) is 20.8 Å². The van der Waals surface area contributed by atoms with E-state index in [9.17, 15) is 4.39 Å². The molecule has 0 aromatic heterocycles. The van der Waals surface area contributed by atoms with Crippen LogP contribution in [-0.2, 0) is 10.3 Å². The molecule has 16 heavy (non-hydrogen) atoms. The van der Waals surface area contributed by atoms with Crippen molar-refractivity contribution in [3.63, 3.8) is 0 Å². The molecule has 0 bridgehead atoms. The van der Waals surface area contributed by atoms with E-state index in [2.05, 4.69) is 0 Å². The number of nitrogens with two attached hydrogens (primary N) is 1. The summed E-state index contributed by atoms with van der Waals surface area (Å²) in [6, 6.07) is 4.35. The molecule has 0 amide bonds. The molecule has 0 saturated heterocycles. The van der Waals surface area contributed by atoms with Crippen molar-refractivity contribution in [1.29, 1.82) is 0 Å². The Bertz CT molecular complexity index is 353. The number of ether oxygens (including phenoxy) is 2. The van der Waals surface area contributed by atoms with Crippen LogP contribution in [0.25, 0.3) is 0 Å². The Balaban J connectivity index is 3.04. The van der Waals surface area contributed by atoms with E-state index in [1.807, 2.05) is 6.92 Å². The molecule has 90 valence electrons. The minimum Gasteiger partial charge on any atom is -0.496 e. The number of methoxy groups -OCH3 is 2. The van der Waals surface area contributed by atoms with Gasteiger partial charge in [0.15, 0.2) is 0 Å². The Morgan fingerprint density at radius 3 is 2.62 bits per heavy atom. The summed E-state index contributed by atoms with van der Waals surface area (Å²) in [4.78, 5) is 0. The maximum atomic E-state index is 13.2. The van der Waals surface area contributed by atoms with Gasteiger partial charge in [0.1, 0.15) is 11.6 Å². The molecule has 0 aliphatic rings. The third-order valence-electron chi connectivity index (χ3n) is 2.60. The van der Waals surface area contributed by atoms with Crippen LogP contribution >= 0.6 is 0 Å². The molecule has 1 aromatic rings. The second kappa shape index (κ2) is 5.27. The molecule has 0 aliphatic heterocycles. The molecular formula is C12H18FNO2. The monoisotopic (exact) mass is 227 g/mol. The van der Waals surface area contributed by atoms with Gasteiger partial charge in [-0.3, -0.25) is 0 Å². The van der Waals surface area contributed by atoms with Crippen molar-refractivity contribution in [1.82, 2.24) is 0 Å². The molecule has 3 nitrogen and oxygen atoms in total. The summed E-state index contributed by atoms with van der Waals surface area (Å²) in [5.74, 6) is 0.285. The zero-order valence-corrected chi connectivity index (χ0v) is 9.92. The highest BCUT2D eigenvalue weighted by Gasteiger charge is 2.25. The number of benzene rings is 1. The Hall–Kier alpha value is -1.13. The van der Waals surface area contributed by atoms with Crippen molar-refractivity contribution in [3.05, 3.63) is 29.6 Å². The molecule has 0 radical (unpaired) electrons. The lowest BCUT2D eigenvalue weighted by atomic mass is 9.89. The van der Waals surface area contributed by atoms with Crippen molar-refractivity contribution < 1.29 is 13.9 Å². The lowest BCUT2D eigenvalue weighted by Gasteiger charge is -2.26. The maximum absolute atomic E-state index is 13.2. The minimum absolute atomic E-state index is 0.315. The molecule has 4 heteroatoms. The average Bonchev–Trinajstić information content (AvgIpc) is 2.26. The van der Waals surface area contributed by atoms with Gasteiger partial charge in [-0.1, -0.05) is 0 Å². The van der Waals surface area contributed by atoms with Crippen molar-refractivity contribution in [2.24, 2.45) is 5.73 Å². The predicted molar refractivity (Wildman–Crippen MR) is 61.0 cm³/mol. The quantitative estimate of drug-likeness (QED) is 0.837. The van der Waals surface area contributed by atoms with E-state index in [1.54, 1.807) is 20.3 Å². The third kappa shape index (κ3) is 2.93. The fourth-order valence-corrected chi connectivity index (χ4v) is 1.58. The summed E-state index contributed by atoms with van der Waals surface area (Å²) < 4.78 is 23.4. The first-order valence-electron chi connectivity index (χ1n) is 5.13. The standard InChI is InChI=1S/C12H18FNO2/c1-12(14,6-7-15-2)10-8-9(13)4-5-11(10)16-3/h4-5,8H,6-7,14H2,1-3H3. The van der Waals surface area contributed by atoms with Gasteiger partial charge < -0.3 is 15.2 Å². The minimum atomic E-state index is -0.663. The van der Waals surface area contributed by atoms with Gasteiger partial charge in [-0.15, -0.1) is 0 Å². The van der Waals surface area contributed by atoms with Gasteiger partial charge in [-0.25, -0.2) is 4.39 Å². The molecule has 0 saturated carbocycles. The Morgan fingerprint density at radius 2 is 2.06 bits per heavy atom. The van der Waals surface area contributed by atoms with Gasteiger partial charge in [0.25, 0.3) is 0 Å². The van der Waals surface area contributed by atoms with E-state index < -0.39 is 5.54 Å². The van der Waals surface area contributed by atoms with Crippen LogP contribution in [0, 0.1) is 5.82 Å². The zero-order chi connectivity index (χ0) is 12.2. The number of hydrogen-bond donors (Lipinski definition) is 1. The third-order valence-corrected chi connectivity index (χ3v) is 2.60. The van der Waals surface area contributed by atoms with Crippen LogP contribution in [0.2, 0.25) is 0 Å². The Kier molecular flexibility index (Phi) is 4.26. The lowest BCUT2D eigenvalue weighted by molar-refractivity contribution is 0.171. The van der Waals surface area contributed by atoms with Gasteiger partial charge in [0, 0.05) is 24.8 Å². The molecule has 0 heterocycles. The first kappa shape index (κ1) is 12.9. The van der Waals surface area contributed by atoms with Gasteiger partial charge in [-0.05, 0) is 31.5 Å². The Morgan fingerprint density at radius 1 is 1.38 bits per heavy atom. The fourth-order valence-electron chi connectivity index (χ4n) is 1.58. The molecule has 0 spiro atoms. The SMILES string of the molecule is COCCC(C)(N)c1cc(F)ccc1OC. The van der Waals surface area contributed by atoms with Gasteiger partial charge in [0.2, 0.25) is 0 Å². The second-order valence-electron chi connectivity index (χ2n) is 4.00. The first-order valence-corrected chi connectivity index (χ1v) is 5.13. The summed E-state index contributed by atoms with van der Waals surface area (Å²) in [5, 5.41) is 0. The largest absolute Gasteiger partial charge is 0.496 e. The molecule has 1 aromatic carbocycles. The van der Waals surface area contributed by atoms with E-state index in [4.69, 9.17) is 15.2 Å². The Labute approximate surface area is 95.4 Å². The predicted octanol–water partition coefficient (Wildman–Crippen LogP) is 2.04. The summed E-state index contributed by atoms with van der Waals surface area (Å²) in [6.45, 7) is 2.36. The highest BCUT2D eigenvalue weighted by Crippen LogP contribution is 2.31. The van der Waals surface area contributed by atoms with Crippen molar-refractivity contribution >= 4 is 0 Å². The summed E-state index contributed by atoms with van der Waals surface area (Å²) >= 11 is 0. The van der Waals surface area contributed by atoms with E-state index in [1.165, 1.54) is 12.1 Å². The smallest absolute Gasteiger partial charge is 0.124 e. The van der Waals surface area contributed by atoms with Crippen molar-refractivity contribution in [2.45, 2.75) is 18.9 Å². The van der Waals surface area contributed by atoms with E-state index in [0.29, 0.717) is 24.3 Å². The van der Waals surface area contributed by atoms with Gasteiger partial charge in [0.05, 0.1) is 7.11 Å². The van der Waals surface area contributed by atoms with E-state index >= 15 is 0 Å². The normalized spacial score (nSPS) is 14.6. The first-order chi connectivity index (χ1) is 7.51. The lowest BCUT2D eigenvalue weighted by Crippen LogP contribution is -2.34. The van der Waals surface area contributed by atoms with Crippen LogP contribution in [-0.4, -0.2) is 20.8 Å². The van der Waals surface area contributed by atoms with Gasteiger partial charge in [-0.2, -0.15) is 0 Å². The summed E-state index contributed by atoms with van der Waals surface area (Å²) in [7, 11) is 3.15. The van der Waals surface area contributed by atoms with Crippen molar-refractivity contribution in [3.8, 4) is 5.75 Å². The maximum Gasteiger partial charge on any atom is 0.124 e. The van der Waals surface area contributed by atoms with Gasteiger partial charge >= 0.3 is 0 Å². The molecule has 1 atom stereocenters. The van der Waals surface area contributed by atoms with Crippen LogP contribution < -0.4 is 10.5 Å². The van der Waals surface area contributed by atoms with E-state index in [-0.39, 0.29) is 5.82 Å². The summed E-state index contributed by atoms with van der Waals surface area (Å²) in [5.41, 5.74) is 6.14. The highest BCUT2D eigenvalue weighted by molar-refractivity contribution is 5.39. The van der Waals surface area contributed by atoms with E-state index in [0.717, 1.165) is 0 Å². The van der Waals surface area contributed by atoms with Crippen LogP contribution in [0.5, 0.6) is 5.75 Å². The van der Waals surface area contributed by atoms with Crippen LogP contribution in [0.1, 0.15) is 18.9 Å². The average molecular weight is 227 g/mol. The number of halogens is 1. The second-order valence-corrected chi connectivity index (χ2v) is 4.00. The molecular weight excluding hydrogens is 209 g/mol. The molecule has 1 unspecified atom stereocenters. The van der Waals surface area contributed by atoms with Crippen LogP contribution in [0.3, 0.4) is 0 Å².